The van der Waals surface area contributed by atoms with Crippen LogP contribution in [-0.2, 0) is 0 Å². The summed E-state index contributed by atoms with van der Waals surface area (Å²) < 4.78 is 11.6. The maximum Gasteiger partial charge on any atom is 0.255 e. The third-order valence-electron chi connectivity index (χ3n) is 5.08. The fourth-order valence-corrected chi connectivity index (χ4v) is 4.49. The summed E-state index contributed by atoms with van der Waals surface area (Å²) in [5.41, 5.74) is 3.00. The normalized spacial score (nSPS) is 20.6. The molecule has 2 aliphatic rings. The third kappa shape index (κ3) is 2.75. The maximum atomic E-state index is 12.8. The van der Waals surface area contributed by atoms with Crippen LogP contribution in [0, 0.1) is 4.91 Å². The average Bonchev–Trinajstić information content (AvgIpc) is 2.69. The van der Waals surface area contributed by atoms with E-state index in [-0.39, 0.29) is 12.1 Å². The van der Waals surface area contributed by atoms with Crippen LogP contribution in [0.15, 0.2) is 40.0 Å². The number of carbonyl (C=O) groups is 1. The van der Waals surface area contributed by atoms with Gasteiger partial charge in [-0.3, -0.25) is 4.79 Å². The molecule has 0 fully saturated rings. The van der Waals surface area contributed by atoms with Crippen molar-refractivity contribution < 1.29 is 14.3 Å². The molecular formula is C19H18BrN3O4. The van der Waals surface area contributed by atoms with E-state index in [4.69, 9.17) is 9.47 Å². The molecule has 0 aliphatic carbocycles. The molecule has 2 aromatic rings. The smallest absolute Gasteiger partial charge is 0.255 e. The van der Waals surface area contributed by atoms with Crippen LogP contribution in [0.5, 0.6) is 11.5 Å². The number of carbonyl (C=O) groups excluding carboxylic acids is 1. The van der Waals surface area contributed by atoms with Crippen molar-refractivity contribution >= 4 is 27.5 Å². The van der Waals surface area contributed by atoms with Gasteiger partial charge in [0.05, 0.1) is 29.9 Å². The summed E-state index contributed by atoms with van der Waals surface area (Å²) >= 11 is 3.51. The number of benzene rings is 2. The molecule has 0 saturated carbocycles. The molecule has 4 rings (SSSR count). The molecule has 8 heteroatoms. The zero-order chi connectivity index (χ0) is 19.1. The van der Waals surface area contributed by atoms with Crippen LogP contribution < -0.4 is 19.7 Å². The van der Waals surface area contributed by atoms with Crippen LogP contribution in [0.2, 0.25) is 0 Å². The number of anilines is 1. The number of nitroso groups, excluding NO2 is 1. The molecule has 2 aliphatic heterocycles. The number of ether oxygens (including phenoxy) is 2. The first-order chi connectivity index (χ1) is 13.1. The minimum Gasteiger partial charge on any atom is -0.493 e. The van der Waals surface area contributed by atoms with Gasteiger partial charge in [0.25, 0.3) is 5.91 Å². The number of rotatable bonds is 4. The average molecular weight is 432 g/mol. The van der Waals surface area contributed by atoms with Gasteiger partial charge in [-0.15, -0.1) is 0 Å². The molecule has 7 nitrogen and oxygen atoms in total. The highest BCUT2D eigenvalue weighted by Gasteiger charge is 2.38. The van der Waals surface area contributed by atoms with E-state index in [0.717, 1.165) is 21.3 Å². The largest absolute Gasteiger partial charge is 0.493 e. The number of para-hydroxylation sites is 1. The Kier molecular flexibility index (Phi) is 4.51. The van der Waals surface area contributed by atoms with Crippen LogP contribution in [0.25, 0.3) is 0 Å². The van der Waals surface area contributed by atoms with Gasteiger partial charge in [0.1, 0.15) is 12.2 Å². The summed E-state index contributed by atoms with van der Waals surface area (Å²) in [5.74, 6) is 0.985. The Balaban J connectivity index is 1.85. The topological polar surface area (TPSA) is 80.2 Å². The molecule has 1 N–H and O–H groups in total. The van der Waals surface area contributed by atoms with Crippen molar-refractivity contribution in [3.8, 4) is 11.5 Å². The molecule has 27 heavy (non-hydrogen) atoms. The molecule has 2 unspecified atom stereocenters. The monoisotopic (exact) mass is 431 g/mol. The Bertz CT molecular complexity index is 933. The lowest BCUT2D eigenvalue weighted by Gasteiger charge is -2.43. The summed E-state index contributed by atoms with van der Waals surface area (Å²) in [6, 6.07) is 8.77. The van der Waals surface area contributed by atoms with Gasteiger partial charge >= 0.3 is 0 Å². The lowest BCUT2D eigenvalue weighted by Crippen LogP contribution is -2.49. The predicted molar refractivity (Wildman–Crippen MR) is 104 cm³/mol. The molecule has 0 aromatic heterocycles. The Morgan fingerprint density at radius 3 is 2.78 bits per heavy atom. The van der Waals surface area contributed by atoms with E-state index in [0.29, 0.717) is 30.0 Å². The van der Waals surface area contributed by atoms with Crippen molar-refractivity contribution in [3.63, 3.8) is 0 Å². The third-order valence-corrected chi connectivity index (χ3v) is 5.67. The molecule has 2 aromatic carbocycles. The van der Waals surface area contributed by atoms with Crippen molar-refractivity contribution in [2.24, 2.45) is 5.18 Å². The molecule has 0 spiro atoms. The lowest BCUT2D eigenvalue weighted by molar-refractivity contribution is 0.0925. The highest BCUT2D eigenvalue weighted by atomic mass is 79.9. The van der Waals surface area contributed by atoms with Gasteiger partial charge in [-0.05, 0) is 46.1 Å². The zero-order valence-electron chi connectivity index (χ0n) is 14.9. The number of hydrogen-bond donors (Lipinski definition) is 1. The first-order valence-corrected chi connectivity index (χ1v) is 9.32. The van der Waals surface area contributed by atoms with Gasteiger partial charge in [0, 0.05) is 12.1 Å². The molecule has 0 saturated heterocycles. The van der Waals surface area contributed by atoms with E-state index in [2.05, 4.69) is 31.3 Å². The van der Waals surface area contributed by atoms with Crippen molar-refractivity contribution in [1.29, 1.82) is 0 Å². The molecular weight excluding hydrogens is 414 g/mol. The van der Waals surface area contributed by atoms with E-state index in [1.54, 1.807) is 26.4 Å². The van der Waals surface area contributed by atoms with Crippen molar-refractivity contribution in [1.82, 2.24) is 5.32 Å². The van der Waals surface area contributed by atoms with E-state index in [9.17, 15) is 9.70 Å². The van der Waals surface area contributed by atoms with Gasteiger partial charge in [-0.1, -0.05) is 17.3 Å². The number of halogens is 1. The van der Waals surface area contributed by atoms with Crippen LogP contribution in [0.1, 0.15) is 40.1 Å². The Morgan fingerprint density at radius 2 is 2.07 bits per heavy atom. The number of nitrogens with one attached hydrogen (secondary N) is 1. The minimum atomic E-state index is -0.431. The summed E-state index contributed by atoms with van der Waals surface area (Å²) in [7, 11) is 3.15. The van der Waals surface area contributed by atoms with Gasteiger partial charge in [-0.2, -0.15) is 4.91 Å². The van der Waals surface area contributed by atoms with Crippen LogP contribution in [0.4, 0.5) is 5.69 Å². The van der Waals surface area contributed by atoms with Crippen LogP contribution >= 0.6 is 15.9 Å². The van der Waals surface area contributed by atoms with Crippen LogP contribution in [0.3, 0.4) is 0 Å². The van der Waals surface area contributed by atoms with Crippen molar-refractivity contribution in [2.75, 3.05) is 25.7 Å². The van der Waals surface area contributed by atoms with Crippen molar-refractivity contribution in [2.45, 2.75) is 18.6 Å². The number of nitrogens with zero attached hydrogens (tertiary/aromatic N) is 2. The number of amides is 1. The standard InChI is InChI=1S/C19H18BrN3O4/c1-26-15-9-10(8-13(20)17(15)27-2)18-21-19(24)12-5-3-4-11-14(22-25)6-7-23(18)16(11)12/h3-5,8-9,14,18H,6-7H2,1-2H3,(H,21,24). The summed E-state index contributed by atoms with van der Waals surface area (Å²) in [6.07, 6.45) is 0.218. The molecule has 140 valence electrons. The molecule has 2 atom stereocenters. The second kappa shape index (κ2) is 6.84. The second-order valence-electron chi connectivity index (χ2n) is 6.46. The predicted octanol–water partition coefficient (Wildman–Crippen LogP) is 3.93. The fourth-order valence-electron chi connectivity index (χ4n) is 3.87. The summed E-state index contributed by atoms with van der Waals surface area (Å²) in [4.78, 5) is 26.1. The highest BCUT2D eigenvalue weighted by Crippen LogP contribution is 2.46. The minimum absolute atomic E-state index is 0.175. The fraction of sp³-hybridized carbons (Fsp3) is 0.316. The lowest BCUT2D eigenvalue weighted by atomic mass is 9.90. The van der Waals surface area contributed by atoms with Crippen LogP contribution in [-0.4, -0.2) is 26.7 Å². The van der Waals surface area contributed by atoms with Gasteiger partial charge in [0.15, 0.2) is 11.5 Å². The molecule has 2 heterocycles. The van der Waals surface area contributed by atoms with Gasteiger partial charge in [-0.25, -0.2) is 0 Å². The number of hydrogen-bond acceptors (Lipinski definition) is 6. The number of methoxy groups -OCH3 is 2. The maximum absolute atomic E-state index is 12.8. The molecule has 1 amide bonds. The first kappa shape index (κ1) is 17.8. The van der Waals surface area contributed by atoms with Crippen molar-refractivity contribution in [3.05, 3.63) is 56.4 Å². The molecule has 0 radical (unpaired) electrons. The van der Waals surface area contributed by atoms with E-state index in [1.165, 1.54) is 0 Å². The van der Waals surface area contributed by atoms with E-state index >= 15 is 0 Å². The van der Waals surface area contributed by atoms with E-state index < -0.39 is 6.04 Å². The first-order valence-electron chi connectivity index (χ1n) is 8.53. The Hall–Kier alpha value is -2.61. The zero-order valence-corrected chi connectivity index (χ0v) is 16.4. The SMILES string of the molecule is COc1cc(C2NC(=O)c3cccc4c3N2CCC4N=O)cc(Br)c1OC. The molecule has 0 bridgehead atoms. The Morgan fingerprint density at radius 1 is 1.26 bits per heavy atom. The summed E-state index contributed by atoms with van der Waals surface area (Å²) in [6.45, 7) is 0.608. The Labute approximate surface area is 164 Å². The highest BCUT2D eigenvalue weighted by molar-refractivity contribution is 9.10. The van der Waals surface area contributed by atoms with E-state index in [1.807, 2.05) is 18.2 Å². The van der Waals surface area contributed by atoms with Gasteiger partial charge in [0.2, 0.25) is 0 Å². The van der Waals surface area contributed by atoms with Gasteiger partial charge < -0.3 is 19.7 Å². The quantitative estimate of drug-likeness (QED) is 0.741. The summed E-state index contributed by atoms with van der Waals surface area (Å²) in [5, 5.41) is 6.32. The second-order valence-corrected chi connectivity index (χ2v) is 7.32.